The van der Waals surface area contributed by atoms with Gasteiger partial charge in [0.1, 0.15) is 11.9 Å². The van der Waals surface area contributed by atoms with Crippen LogP contribution < -0.4 is 14.2 Å². The van der Waals surface area contributed by atoms with Gasteiger partial charge in [-0.3, -0.25) is 0 Å². The number of aromatic nitrogens is 2. The third-order valence-electron chi connectivity index (χ3n) is 4.53. The summed E-state index contributed by atoms with van der Waals surface area (Å²) in [6.45, 7) is 4.96. The standard InChI is InChI=1S/C19H25N3O5S/c1-4-26-17-8-7-16(12-14(17)2)28(23,24)22-11-5-6-15(13-22)27-19-18(25-3)20-9-10-21-19/h7-10,12,15H,4-6,11,13H2,1-3H3. The van der Waals surface area contributed by atoms with Crippen LogP contribution in [0, 0.1) is 6.92 Å². The highest BCUT2D eigenvalue weighted by Gasteiger charge is 2.32. The molecule has 0 radical (unpaired) electrons. The molecule has 3 rings (SSSR count). The lowest BCUT2D eigenvalue weighted by molar-refractivity contribution is 0.119. The Labute approximate surface area is 165 Å². The van der Waals surface area contributed by atoms with Crippen molar-refractivity contribution in [2.45, 2.75) is 37.7 Å². The molecule has 28 heavy (non-hydrogen) atoms. The topological polar surface area (TPSA) is 90.9 Å². The molecule has 1 fully saturated rings. The van der Waals surface area contributed by atoms with Crippen LogP contribution in [-0.4, -0.2) is 55.6 Å². The number of nitrogens with zero attached hydrogens (tertiary/aromatic N) is 3. The van der Waals surface area contributed by atoms with Crippen LogP contribution in [0.5, 0.6) is 17.5 Å². The second kappa shape index (κ2) is 8.74. The maximum atomic E-state index is 13.1. The first-order valence-electron chi connectivity index (χ1n) is 9.21. The molecule has 9 heteroatoms. The van der Waals surface area contributed by atoms with Gasteiger partial charge in [0.15, 0.2) is 0 Å². The first-order valence-corrected chi connectivity index (χ1v) is 10.6. The molecule has 0 aliphatic carbocycles. The minimum absolute atomic E-state index is 0.244. The average molecular weight is 407 g/mol. The molecule has 1 aromatic heterocycles. The number of benzene rings is 1. The van der Waals surface area contributed by atoms with E-state index >= 15 is 0 Å². The van der Waals surface area contributed by atoms with Crippen molar-refractivity contribution in [2.24, 2.45) is 0 Å². The molecule has 0 amide bonds. The Morgan fingerprint density at radius 1 is 1.21 bits per heavy atom. The predicted molar refractivity (Wildman–Crippen MR) is 103 cm³/mol. The summed E-state index contributed by atoms with van der Waals surface area (Å²) in [5.74, 6) is 1.24. The lowest BCUT2D eigenvalue weighted by Crippen LogP contribution is -2.44. The zero-order valence-electron chi connectivity index (χ0n) is 16.3. The van der Waals surface area contributed by atoms with Gasteiger partial charge in [-0.25, -0.2) is 18.4 Å². The second-order valence-corrected chi connectivity index (χ2v) is 8.41. The van der Waals surface area contributed by atoms with E-state index < -0.39 is 10.0 Å². The van der Waals surface area contributed by atoms with Crippen LogP contribution in [0.25, 0.3) is 0 Å². The molecule has 0 saturated carbocycles. The number of piperidine rings is 1. The van der Waals surface area contributed by atoms with Crippen molar-refractivity contribution in [2.75, 3.05) is 26.8 Å². The highest BCUT2D eigenvalue weighted by Crippen LogP contribution is 2.28. The lowest BCUT2D eigenvalue weighted by atomic mass is 10.1. The third-order valence-corrected chi connectivity index (χ3v) is 6.39. The summed E-state index contributed by atoms with van der Waals surface area (Å²) >= 11 is 0. The predicted octanol–water partition coefficient (Wildman–Crippen LogP) is 2.42. The van der Waals surface area contributed by atoms with Gasteiger partial charge in [0, 0.05) is 18.9 Å². The van der Waals surface area contributed by atoms with Gasteiger partial charge in [-0.05, 0) is 50.5 Å². The fraction of sp³-hybridized carbons (Fsp3) is 0.474. The molecule has 2 heterocycles. The van der Waals surface area contributed by atoms with E-state index in [1.807, 2.05) is 13.8 Å². The number of rotatable bonds is 7. The van der Waals surface area contributed by atoms with E-state index in [0.29, 0.717) is 25.3 Å². The Morgan fingerprint density at radius 3 is 2.64 bits per heavy atom. The fourth-order valence-electron chi connectivity index (χ4n) is 3.16. The maximum Gasteiger partial charge on any atom is 0.278 e. The van der Waals surface area contributed by atoms with Crippen molar-refractivity contribution < 1.29 is 22.6 Å². The Balaban J connectivity index is 1.76. The molecule has 152 valence electrons. The fourth-order valence-corrected chi connectivity index (χ4v) is 4.76. The van der Waals surface area contributed by atoms with E-state index in [1.54, 1.807) is 18.2 Å². The summed E-state index contributed by atoms with van der Waals surface area (Å²) in [7, 11) is -2.14. The van der Waals surface area contributed by atoms with Crippen LogP contribution in [0.15, 0.2) is 35.5 Å². The third kappa shape index (κ3) is 4.36. The number of aryl methyl sites for hydroxylation is 1. The Kier molecular flexibility index (Phi) is 6.35. The van der Waals surface area contributed by atoms with Crippen LogP contribution in [-0.2, 0) is 10.0 Å². The number of ether oxygens (including phenoxy) is 3. The van der Waals surface area contributed by atoms with E-state index in [0.717, 1.165) is 12.0 Å². The lowest BCUT2D eigenvalue weighted by Gasteiger charge is -2.32. The number of hydrogen-bond acceptors (Lipinski definition) is 7. The van der Waals surface area contributed by atoms with Gasteiger partial charge in [-0.2, -0.15) is 4.31 Å². The normalized spacial score (nSPS) is 17.9. The van der Waals surface area contributed by atoms with Crippen LogP contribution in [0.3, 0.4) is 0 Å². The summed E-state index contributed by atoms with van der Waals surface area (Å²) in [5, 5.41) is 0. The zero-order chi connectivity index (χ0) is 20.1. The van der Waals surface area contributed by atoms with Gasteiger partial charge >= 0.3 is 0 Å². The van der Waals surface area contributed by atoms with Crippen LogP contribution in [0.1, 0.15) is 25.3 Å². The molecular formula is C19H25N3O5S. The average Bonchev–Trinajstić information content (AvgIpc) is 2.70. The molecule has 0 spiro atoms. The quantitative estimate of drug-likeness (QED) is 0.696. The van der Waals surface area contributed by atoms with E-state index in [9.17, 15) is 8.42 Å². The van der Waals surface area contributed by atoms with Crippen LogP contribution in [0.2, 0.25) is 0 Å². The highest BCUT2D eigenvalue weighted by atomic mass is 32.2. The molecule has 1 aliphatic heterocycles. The van der Waals surface area contributed by atoms with Crippen molar-refractivity contribution >= 4 is 10.0 Å². The van der Waals surface area contributed by atoms with E-state index in [2.05, 4.69) is 9.97 Å². The van der Waals surface area contributed by atoms with Crippen molar-refractivity contribution in [3.05, 3.63) is 36.2 Å². The molecular weight excluding hydrogens is 382 g/mol. The Bertz CT molecular complexity index is 920. The van der Waals surface area contributed by atoms with Crippen LogP contribution in [0.4, 0.5) is 0 Å². The summed E-state index contributed by atoms with van der Waals surface area (Å²) < 4.78 is 44.2. The molecule has 1 unspecified atom stereocenters. The summed E-state index contributed by atoms with van der Waals surface area (Å²) in [5.41, 5.74) is 0.789. The van der Waals surface area contributed by atoms with E-state index in [4.69, 9.17) is 14.2 Å². The molecule has 2 aromatic rings. The first kappa shape index (κ1) is 20.3. The zero-order valence-corrected chi connectivity index (χ0v) is 17.1. The molecule has 0 N–H and O–H groups in total. The molecule has 8 nitrogen and oxygen atoms in total. The monoisotopic (exact) mass is 407 g/mol. The van der Waals surface area contributed by atoms with Gasteiger partial charge < -0.3 is 14.2 Å². The maximum absolute atomic E-state index is 13.1. The molecule has 1 aromatic carbocycles. The van der Waals surface area contributed by atoms with Crippen molar-refractivity contribution in [1.82, 2.24) is 14.3 Å². The molecule has 0 bridgehead atoms. The Morgan fingerprint density at radius 2 is 1.96 bits per heavy atom. The van der Waals surface area contributed by atoms with Gasteiger partial charge in [0.05, 0.1) is 25.2 Å². The smallest absolute Gasteiger partial charge is 0.278 e. The van der Waals surface area contributed by atoms with Gasteiger partial charge in [0.2, 0.25) is 10.0 Å². The first-order chi connectivity index (χ1) is 13.5. The van der Waals surface area contributed by atoms with Crippen LogP contribution >= 0.6 is 0 Å². The molecule has 1 saturated heterocycles. The van der Waals surface area contributed by atoms with Crippen molar-refractivity contribution in [3.63, 3.8) is 0 Å². The number of hydrogen-bond donors (Lipinski definition) is 0. The van der Waals surface area contributed by atoms with Gasteiger partial charge in [-0.15, -0.1) is 0 Å². The highest BCUT2D eigenvalue weighted by molar-refractivity contribution is 7.89. The minimum atomic E-state index is -3.63. The minimum Gasteiger partial charge on any atom is -0.494 e. The molecule has 1 aliphatic rings. The van der Waals surface area contributed by atoms with E-state index in [1.165, 1.54) is 23.8 Å². The summed E-state index contributed by atoms with van der Waals surface area (Å²) in [6.07, 6.45) is 4.13. The number of methoxy groups -OCH3 is 1. The Hall–Kier alpha value is -2.39. The van der Waals surface area contributed by atoms with Crippen molar-refractivity contribution in [1.29, 1.82) is 0 Å². The largest absolute Gasteiger partial charge is 0.494 e. The molecule has 1 atom stereocenters. The second-order valence-electron chi connectivity index (χ2n) is 6.48. The summed E-state index contributed by atoms with van der Waals surface area (Å²) in [4.78, 5) is 8.45. The van der Waals surface area contributed by atoms with E-state index in [-0.39, 0.29) is 29.3 Å². The van der Waals surface area contributed by atoms with Crippen molar-refractivity contribution in [3.8, 4) is 17.5 Å². The SMILES string of the molecule is CCOc1ccc(S(=O)(=O)N2CCCC(Oc3nccnc3OC)C2)cc1C. The van der Waals surface area contributed by atoms with Gasteiger partial charge in [-0.1, -0.05) is 0 Å². The number of sulfonamides is 1. The summed E-state index contributed by atoms with van der Waals surface area (Å²) in [6, 6.07) is 4.94. The van der Waals surface area contributed by atoms with Gasteiger partial charge in [0.25, 0.3) is 11.8 Å².